The summed E-state index contributed by atoms with van der Waals surface area (Å²) in [5.74, 6) is 0. The summed E-state index contributed by atoms with van der Waals surface area (Å²) in [4.78, 5) is 4.91. The van der Waals surface area contributed by atoms with Gasteiger partial charge in [0.2, 0.25) is 0 Å². The fourth-order valence-corrected chi connectivity index (χ4v) is 5.12. The lowest BCUT2D eigenvalue weighted by Gasteiger charge is -2.22. The quantitative estimate of drug-likeness (QED) is 0.258. The van der Waals surface area contributed by atoms with Crippen molar-refractivity contribution in [2.75, 3.05) is 0 Å². The molecule has 0 aliphatic carbocycles. The minimum atomic E-state index is 0.0254. The Labute approximate surface area is 181 Å². The van der Waals surface area contributed by atoms with Gasteiger partial charge in [0.1, 0.15) is 11.3 Å². The summed E-state index contributed by atoms with van der Waals surface area (Å²) >= 11 is 0. The molecule has 2 heterocycles. The van der Waals surface area contributed by atoms with Crippen LogP contribution in [0.25, 0.3) is 54.7 Å². The zero-order valence-electron chi connectivity index (χ0n) is 18.6. The van der Waals surface area contributed by atoms with Crippen molar-refractivity contribution in [3.8, 4) is 11.3 Å². The monoisotopic (exact) mass is 403 g/mol. The Hall–Kier alpha value is -3.39. The maximum atomic E-state index is 6.56. The molecule has 0 N–H and O–H groups in total. The lowest BCUT2D eigenvalue weighted by molar-refractivity contribution is 0.596. The van der Waals surface area contributed by atoms with E-state index >= 15 is 0 Å². The van der Waals surface area contributed by atoms with Crippen molar-refractivity contribution in [1.29, 1.82) is 0 Å². The summed E-state index contributed by atoms with van der Waals surface area (Å²) in [6.07, 6.45) is 2.00. The topological polar surface area (TPSA) is 26.0 Å². The maximum Gasteiger partial charge on any atom is 0.162 e. The first kappa shape index (κ1) is 18.4. The molecule has 0 atom stereocenters. The second-order valence-corrected chi connectivity index (χ2v) is 9.82. The predicted octanol–water partition coefficient (Wildman–Crippen LogP) is 8.31. The average Bonchev–Trinajstić information content (AvgIpc) is 3.14. The van der Waals surface area contributed by atoms with Crippen molar-refractivity contribution in [2.45, 2.75) is 40.0 Å². The standard InChI is InChI=1S/C29H25NO/c1-16-12-17(2)27-25-21(16)11-10-19-15-30-26(28(31-27)24(19)25)20-13-18-8-6-7-9-22(18)23(14-20)29(3,4)5/h6-15H,1-5H3. The minimum Gasteiger partial charge on any atom is -0.453 e. The van der Waals surface area contributed by atoms with E-state index in [4.69, 9.17) is 9.40 Å². The number of hydrogen-bond acceptors (Lipinski definition) is 2. The smallest absolute Gasteiger partial charge is 0.162 e. The molecule has 6 aromatic rings. The zero-order valence-corrected chi connectivity index (χ0v) is 18.6. The third kappa shape index (κ3) is 2.54. The molecule has 0 saturated heterocycles. The van der Waals surface area contributed by atoms with E-state index in [1.807, 2.05) is 6.20 Å². The van der Waals surface area contributed by atoms with Gasteiger partial charge in [0.05, 0.1) is 0 Å². The van der Waals surface area contributed by atoms with Crippen molar-refractivity contribution >= 4 is 43.5 Å². The number of nitrogens with zero attached hydrogens (tertiary/aromatic N) is 1. The van der Waals surface area contributed by atoms with E-state index in [1.54, 1.807) is 0 Å². The summed E-state index contributed by atoms with van der Waals surface area (Å²) < 4.78 is 6.56. The number of hydrogen-bond donors (Lipinski definition) is 0. The Morgan fingerprint density at radius 1 is 0.742 bits per heavy atom. The van der Waals surface area contributed by atoms with Gasteiger partial charge in [0, 0.05) is 27.9 Å². The number of pyridine rings is 1. The van der Waals surface area contributed by atoms with Crippen LogP contribution in [0.3, 0.4) is 0 Å². The fraction of sp³-hybridized carbons (Fsp3) is 0.207. The van der Waals surface area contributed by atoms with Gasteiger partial charge in [-0.1, -0.05) is 63.2 Å². The van der Waals surface area contributed by atoms with Gasteiger partial charge in [-0.3, -0.25) is 4.98 Å². The normalized spacial score (nSPS) is 12.7. The van der Waals surface area contributed by atoms with Crippen molar-refractivity contribution in [1.82, 2.24) is 4.98 Å². The second kappa shape index (κ2) is 6.07. The largest absolute Gasteiger partial charge is 0.453 e. The highest BCUT2D eigenvalue weighted by atomic mass is 16.3. The maximum absolute atomic E-state index is 6.56. The molecule has 0 spiro atoms. The van der Waals surface area contributed by atoms with Gasteiger partial charge in [-0.15, -0.1) is 0 Å². The molecule has 0 fully saturated rings. The molecule has 4 aromatic carbocycles. The van der Waals surface area contributed by atoms with Gasteiger partial charge in [-0.05, 0) is 64.2 Å². The van der Waals surface area contributed by atoms with E-state index in [0.29, 0.717) is 0 Å². The summed E-state index contributed by atoms with van der Waals surface area (Å²) in [5, 5.41) is 7.35. The number of aromatic nitrogens is 1. The van der Waals surface area contributed by atoms with Crippen LogP contribution in [0.2, 0.25) is 0 Å². The summed E-state index contributed by atoms with van der Waals surface area (Å²) in [6.45, 7) is 11.1. The molecule has 0 saturated carbocycles. The molecule has 0 radical (unpaired) electrons. The average molecular weight is 404 g/mol. The summed E-state index contributed by atoms with van der Waals surface area (Å²) in [5.41, 5.74) is 7.72. The van der Waals surface area contributed by atoms with Crippen molar-refractivity contribution < 1.29 is 4.42 Å². The number of fused-ring (bicyclic) bond motifs is 1. The van der Waals surface area contributed by atoms with Gasteiger partial charge < -0.3 is 4.42 Å². The Bertz CT molecular complexity index is 1630. The molecule has 2 nitrogen and oxygen atoms in total. The highest BCUT2D eigenvalue weighted by molar-refractivity contribution is 6.24. The molecule has 0 amide bonds. The Kier molecular flexibility index (Phi) is 3.60. The van der Waals surface area contributed by atoms with E-state index in [9.17, 15) is 0 Å². The van der Waals surface area contributed by atoms with Crippen LogP contribution in [0, 0.1) is 13.8 Å². The van der Waals surface area contributed by atoms with Gasteiger partial charge in [0.15, 0.2) is 5.58 Å². The molecule has 0 aliphatic rings. The first-order valence-electron chi connectivity index (χ1n) is 10.9. The van der Waals surface area contributed by atoms with Crippen molar-refractivity contribution in [2.24, 2.45) is 0 Å². The number of aryl methyl sites for hydroxylation is 2. The molecule has 6 rings (SSSR count). The molecule has 0 bridgehead atoms. The molecule has 0 unspecified atom stereocenters. The third-order valence-electron chi connectivity index (χ3n) is 6.60. The van der Waals surface area contributed by atoms with Crippen LogP contribution in [0.15, 0.2) is 65.2 Å². The Morgan fingerprint density at radius 3 is 2.35 bits per heavy atom. The first-order chi connectivity index (χ1) is 14.8. The second-order valence-electron chi connectivity index (χ2n) is 9.82. The molecule has 0 aliphatic heterocycles. The van der Waals surface area contributed by atoms with Crippen LogP contribution in [0.5, 0.6) is 0 Å². The van der Waals surface area contributed by atoms with Crippen molar-refractivity contribution in [3.63, 3.8) is 0 Å². The van der Waals surface area contributed by atoms with E-state index in [0.717, 1.165) is 27.8 Å². The van der Waals surface area contributed by atoms with Crippen LogP contribution < -0.4 is 0 Å². The van der Waals surface area contributed by atoms with Gasteiger partial charge in [-0.25, -0.2) is 0 Å². The van der Waals surface area contributed by atoms with Gasteiger partial charge in [0.25, 0.3) is 0 Å². The molecule has 2 aromatic heterocycles. The fourth-order valence-electron chi connectivity index (χ4n) is 5.12. The van der Waals surface area contributed by atoms with E-state index in [-0.39, 0.29) is 5.41 Å². The molecule has 2 heteroatoms. The Morgan fingerprint density at radius 2 is 1.55 bits per heavy atom. The zero-order chi connectivity index (χ0) is 21.5. The van der Waals surface area contributed by atoms with Crippen LogP contribution in [-0.4, -0.2) is 4.98 Å². The lowest BCUT2D eigenvalue weighted by atomic mass is 9.82. The van der Waals surface area contributed by atoms with Crippen LogP contribution in [0.1, 0.15) is 37.5 Å². The number of rotatable bonds is 1. The highest BCUT2D eigenvalue weighted by Crippen LogP contribution is 2.43. The summed E-state index contributed by atoms with van der Waals surface area (Å²) in [7, 11) is 0. The van der Waals surface area contributed by atoms with Crippen LogP contribution in [-0.2, 0) is 5.41 Å². The summed E-state index contributed by atoms with van der Waals surface area (Å²) in [6, 6.07) is 19.8. The highest BCUT2D eigenvalue weighted by Gasteiger charge is 2.23. The van der Waals surface area contributed by atoms with Gasteiger partial charge in [-0.2, -0.15) is 0 Å². The predicted molar refractivity (Wildman–Crippen MR) is 131 cm³/mol. The molecule has 152 valence electrons. The minimum absolute atomic E-state index is 0.0254. The SMILES string of the molecule is Cc1cc(C)c2oc3c(-c4cc(C(C)(C)C)c5ccccc5c4)ncc4ccc1c2c43. The van der Waals surface area contributed by atoms with Crippen LogP contribution in [0.4, 0.5) is 0 Å². The van der Waals surface area contributed by atoms with E-state index in [1.165, 1.54) is 43.6 Å². The Balaban J connectivity index is 1.76. The van der Waals surface area contributed by atoms with E-state index in [2.05, 4.69) is 89.2 Å². The molecular formula is C29H25NO. The third-order valence-corrected chi connectivity index (χ3v) is 6.60. The van der Waals surface area contributed by atoms with E-state index < -0.39 is 0 Å². The first-order valence-corrected chi connectivity index (χ1v) is 10.9. The number of benzene rings is 4. The van der Waals surface area contributed by atoms with Crippen molar-refractivity contribution in [3.05, 3.63) is 77.5 Å². The molecule has 31 heavy (non-hydrogen) atoms. The molecular weight excluding hydrogens is 378 g/mol. The van der Waals surface area contributed by atoms with Gasteiger partial charge >= 0.3 is 0 Å². The number of furan rings is 1. The van der Waals surface area contributed by atoms with Crippen LogP contribution >= 0.6 is 0 Å². The lowest BCUT2D eigenvalue weighted by Crippen LogP contribution is -2.12.